The maximum absolute atomic E-state index is 12.3. The lowest BCUT2D eigenvalue weighted by molar-refractivity contribution is -0.120. The monoisotopic (exact) mass is 478 g/mol. The molecule has 3 amide bonds. The van der Waals surface area contributed by atoms with E-state index in [4.69, 9.17) is 4.74 Å². The number of carbonyl (C=O) groups excluding carboxylic acids is 3. The number of nitrogens with zero attached hydrogens (tertiary/aromatic N) is 1. The lowest BCUT2D eigenvalue weighted by Crippen LogP contribution is -2.23. The highest BCUT2D eigenvalue weighted by atomic mass is 32.1. The van der Waals surface area contributed by atoms with Crippen molar-refractivity contribution in [1.82, 2.24) is 10.3 Å². The van der Waals surface area contributed by atoms with Gasteiger partial charge in [0, 0.05) is 35.5 Å². The summed E-state index contributed by atoms with van der Waals surface area (Å²) in [6.45, 7) is 3.24. The molecule has 1 atom stereocenters. The number of thiazole rings is 1. The lowest BCUT2D eigenvalue weighted by atomic mass is 10.1. The Morgan fingerprint density at radius 2 is 1.88 bits per heavy atom. The van der Waals surface area contributed by atoms with Gasteiger partial charge in [-0.25, -0.2) is 4.98 Å². The van der Waals surface area contributed by atoms with Gasteiger partial charge in [0.15, 0.2) is 11.7 Å². The van der Waals surface area contributed by atoms with E-state index >= 15 is 0 Å². The van der Waals surface area contributed by atoms with Crippen LogP contribution in [0.1, 0.15) is 38.3 Å². The van der Waals surface area contributed by atoms with Crippen molar-refractivity contribution in [1.29, 1.82) is 0 Å². The Hall–Kier alpha value is -3.72. The molecule has 1 aromatic heterocycles. The summed E-state index contributed by atoms with van der Waals surface area (Å²) in [5.74, 6) is 0.230. The smallest absolute Gasteiger partial charge is 0.264 e. The SMILES string of the molecule is CC(=O)NC(C)c1ccc(-c2csc(NC(=O)COc3cccc(NC(=O)C4CC4)c3)n2)cc1. The minimum absolute atomic E-state index is 0.0198. The largest absolute Gasteiger partial charge is 0.484 e. The van der Waals surface area contributed by atoms with E-state index in [9.17, 15) is 14.4 Å². The van der Waals surface area contributed by atoms with Gasteiger partial charge in [0.1, 0.15) is 5.75 Å². The molecule has 8 nitrogen and oxygen atoms in total. The summed E-state index contributed by atoms with van der Waals surface area (Å²) >= 11 is 1.33. The van der Waals surface area contributed by atoms with Crippen LogP contribution in [0.3, 0.4) is 0 Å². The van der Waals surface area contributed by atoms with Gasteiger partial charge >= 0.3 is 0 Å². The molecule has 0 saturated heterocycles. The minimum Gasteiger partial charge on any atom is -0.484 e. The van der Waals surface area contributed by atoms with Crippen molar-refractivity contribution in [3.05, 3.63) is 59.5 Å². The van der Waals surface area contributed by atoms with E-state index in [2.05, 4.69) is 20.9 Å². The molecule has 1 heterocycles. The van der Waals surface area contributed by atoms with E-state index < -0.39 is 0 Å². The zero-order valence-electron chi connectivity index (χ0n) is 19.0. The van der Waals surface area contributed by atoms with Crippen LogP contribution in [0, 0.1) is 5.92 Å². The standard InChI is InChI=1S/C25H26N4O4S/c1-15(26-16(2)30)17-6-8-18(9-7-17)22-14-34-25(28-22)29-23(31)13-33-21-5-3-4-20(12-21)27-24(32)19-10-11-19/h3-9,12,14-15,19H,10-11,13H2,1-2H3,(H,26,30)(H,27,32)(H,28,29,31). The third-order valence-electron chi connectivity index (χ3n) is 5.30. The molecule has 1 aliphatic carbocycles. The summed E-state index contributed by atoms with van der Waals surface area (Å²) in [5.41, 5.74) is 3.31. The summed E-state index contributed by atoms with van der Waals surface area (Å²) < 4.78 is 5.58. The third-order valence-corrected chi connectivity index (χ3v) is 6.05. The summed E-state index contributed by atoms with van der Waals surface area (Å²) in [6.07, 6.45) is 1.87. The predicted octanol–water partition coefficient (Wildman–Crippen LogP) is 4.37. The first-order chi connectivity index (χ1) is 16.4. The van der Waals surface area contributed by atoms with E-state index in [0.717, 1.165) is 29.7 Å². The first-order valence-electron chi connectivity index (χ1n) is 11.0. The summed E-state index contributed by atoms with van der Waals surface area (Å²) in [7, 11) is 0. The number of amides is 3. The molecular weight excluding hydrogens is 452 g/mol. The molecule has 3 N–H and O–H groups in total. The van der Waals surface area contributed by atoms with Gasteiger partial charge in [0.25, 0.3) is 5.91 Å². The van der Waals surface area contributed by atoms with E-state index in [-0.39, 0.29) is 36.3 Å². The molecule has 0 aliphatic heterocycles. The van der Waals surface area contributed by atoms with Crippen LogP contribution in [-0.4, -0.2) is 29.3 Å². The van der Waals surface area contributed by atoms with Gasteiger partial charge in [-0.05, 0) is 37.5 Å². The van der Waals surface area contributed by atoms with Crippen LogP contribution in [0.5, 0.6) is 5.75 Å². The molecule has 0 spiro atoms. The predicted molar refractivity (Wildman–Crippen MR) is 132 cm³/mol. The van der Waals surface area contributed by atoms with Crippen LogP contribution in [0.15, 0.2) is 53.9 Å². The van der Waals surface area contributed by atoms with Gasteiger partial charge < -0.3 is 15.4 Å². The number of rotatable bonds is 9. The maximum Gasteiger partial charge on any atom is 0.264 e. The van der Waals surface area contributed by atoms with Crippen molar-refractivity contribution in [3.8, 4) is 17.0 Å². The maximum atomic E-state index is 12.3. The Kier molecular flexibility index (Phi) is 7.22. The summed E-state index contributed by atoms with van der Waals surface area (Å²) in [6, 6.07) is 14.7. The topological polar surface area (TPSA) is 109 Å². The van der Waals surface area contributed by atoms with Crippen molar-refractivity contribution in [2.45, 2.75) is 32.7 Å². The molecule has 0 bridgehead atoms. The Balaban J connectivity index is 1.29. The van der Waals surface area contributed by atoms with Gasteiger partial charge in [-0.3, -0.25) is 19.7 Å². The Morgan fingerprint density at radius 3 is 2.59 bits per heavy atom. The number of hydrogen-bond donors (Lipinski definition) is 3. The van der Waals surface area contributed by atoms with Crippen molar-refractivity contribution >= 4 is 39.9 Å². The number of aromatic nitrogens is 1. The van der Waals surface area contributed by atoms with Gasteiger partial charge in [-0.1, -0.05) is 30.3 Å². The highest BCUT2D eigenvalue weighted by Crippen LogP contribution is 2.30. The van der Waals surface area contributed by atoms with Gasteiger partial charge in [-0.15, -0.1) is 11.3 Å². The lowest BCUT2D eigenvalue weighted by Gasteiger charge is -2.13. The average molecular weight is 479 g/mol. The second-order valence-electron chi connectivity index (χ2n) is 8.21. The van der Waals surface area contributed by atoms with E-state index in [1.165, 1.54) is 18.3 Å². The Labute approximate surface area is 201 Å². The van der Waals surface area contributed by atoms with Crippen LogP contribution >= 0.6 is 11.3 Å². The average Bonchev–Trinajstić information content (AvgIpc) is 3.57. The van der Waals surface area contributed by atoms with Crippen molar-refractivity contribution in [3.63, 3.8) is 0 Å². The molecule has 176 valence electrons. The van der Waals surface area contributed by atoms with Gasteiger partial charge in [0.05, 0.1) is 11.7 Å². The highest BCUT2D eigenvalue weighted by molar-refractivity contribution is 7.14. The Bertz CT molecular complexity index is 1190. The number of nitrogens with one attached hydrogen (secondary N) is 3. The molecule has 4 rings (SSSR count). The number of benzene rings is 2. The van der Waals surface area contributed by atoms with Gasteiger partial charge in [-0.2, -0.15) is 0 Å². The number of anilines is 2. The fourth-order valence-corrected chi connectivity index (χ4v) is 4.09. The quantitative estimate of drug-likeness (QED) is 0.423. The molecule has 1 fully saturated rings. The third kappa shape index (κ3) is 6.41. The van der Waals surface area contributed by atoms with Crippen molar-refractivity contribution in [2.24, 2.45) is 5.92 Å². The second-order valence-corrected chi connectivity index (χ2v) is 9.07. The van der Waals surface area contributed by atoms with E-state index in [1.54, 1.807) is 24.3 Å². The Morgan fingerprint density at radius 1 is 1.12 bits per heavy atom. The minimum atomic E-state index is -0.326. The van der Waals surface area contributed by atoms with Crippen LogP contribution in [0.4, 0.5) is 10.8 Å². The van der Waals surface area contributed by atoms with Crippen molar-refractivity contribution in [2.75, 3.05) is 17.2 Å². The number of carbonyl (C=O) groups is 3. The first-order valence-corrected chi connectivity index (χ1v) is 11.9. The van der Waals surface area contributed by atoms with E-state index in [0.29, 0.717) is 16.6 Å². The van der Waals surface area contributed by atoms with Gasteiger partial charge in [0.2, 0.25) is 11.8 Å². The second kappa shape index (κ2) is 10.5. The number of ether oxygens (including phenoxy) is 1. The molecule has 34 heavy (non-hydrogen) atoms. The van der Waals surface area contributed by atoms with Crippen LogP contribution < -0.4 is 20.7 Å². The van der Waals surface area contributed by atoms with E-state index in [1.807, 2.05) is 36.6 Å². The molecule has 1 saturated carbocycles. The molecule has 9 heteroatoms. The fraction of sp³-hybridized carbons (Fsp3) is 0.280. The van der Waals surface area contributed by atoms with Crippen LogP contribution in [0.2, 0.25) is 0 Å². The molecule has 0 radical (unpaired) electrons. The molecule has 1 aliphatic rings. The highest BCUT2D eigenvalue weighted by Gasteiger charge is 2.29. The summed E-state index contributed by atoms with van der Waals surface area (Å²) in [4.78, 5) is 39.9. The van der Waals surface area contributed by atoms with Crippen molar-refractivity contribution < 1.29 is 19.1 Å². The molecule has 1 unspecified atom stereocenters. The number of hydrogen-bond acceptors (Lipinski definition) is 6. The molecule has 2 aromatic carbocycles. The normalized spacial score (nSPS) is 13.6. The zero-order valence-corrected chi connectivity index (χ0v) is 19.8. The molecular formula is C25H26N4O4S. The molecule has 3 aromatic rings. The van der Waals surface area contributed by atoms with Crippen LogP contribution in [0.25, 0.3) is 11.3 Å². The summed E-state index contributed by atoms with van der Waals surface area (Å²) in [5, 5.41) is 10.8. The van der Waals surface area contributed by atoms with Crippen LogP contribution in [-0.2, 0) is 14.4 Å². The fourth-order valence-electron chi connectivity index (χ4n) is 3.35. The first kappa shape index (κ1) is 23.4. The zero-order chi connectivity index (χ0) is 24.1.